The molecule has 1 N–H and O–H groups in total. The SMILES string of the molecule is CCOc1cc(CNc2c(C#N)c(=O)n(C)c(=O)n2C)ccc1OC(F)F. The maximum absolute atomic E-state index is 12.5. The highest BCUT2D eigenvalue weighted by Gasteiger charge is 2.16. The van der Waals surface area contributed by atoms with Gasteiger partial charge in [-0.1, -0.05) is 6.07 Å². The molecule has 0 aliphatic carbocycles. The smallest absolute Gasteiger partial charge is 0.387 e. The van der Waals surface area contributed by atoms with Crippen molar-refractivity contribution in [1.82, 2.24) is 9.13 Å². The Morgan fingerprint density at radius 3 is 2.52 bits per heavy atom. The fourth-order valence-electron chi connectivity index (χ4n) is 2.46. The molecule has 0 atom stereocenters. The first-order valence-electron chi connectivity index (χ1n) is 7.94. The maximum atomic E-state index is 12.5. The fraction of sp³-hybridized carbons (Fsp3) is 0.353. The van der Waals surface area contributed by atoms with Crippen LogP contribution in [0.1, 0.15) is 18.1 Å². The third-order valence-corrected chi connectivity index (χ3v) is 3.76. The van der Waals surface area contributed by atoms with Crippen LogP contribution in [0.3, 0.4) is 0 Å². The molecule has 0 aliphatic heterocycles. The minimum atomic E-state index is -2.98. The second-order valence-electron chi connectivity index (χ2n) is 5.49. The normalized spacial score (nSPS) is 10.6. The summed E-state index contributed by atoms with van der Waals surface area (Å²) in [6.45, 7) is -0.921. The van der Waals surface area contributed by atoms with Crippen molar-refractivity contribution < 1.29 is 18.3 Å². The Balaban J connectivity index is 2.35. The molecule has 1 aromatic heterocycles. The molecule has 144 valence electrons. The summed E-state index contributed by atoms with van der Waals surface area (Å²) in [5, 5.41) is 12.1. The van der Waals surface area contributed by atoms with E-state index in [1.54, 1.807) is 13.0 Å². The Morgan fingerprint density at radius 2 is 1.93 bits per heavy atom. The van der Waals surface area contributed by atoms with Gasteiger partial charge in [-0.3, -0.25) is 13.9 Å². The molecule has 0 unspecified atom stereocenters. The zero-order valence-corrected chi connectivity index (χ0v) is 15.0. The molecule has 0 amide bonds. The molecular weight excluding hydrogens is 362 g/mol. The zero-order chi connectivity index (χ0) is 20.1. The summed E-state index contributed by atoms with van der Waals surface area (Å²) in [6, 6.07) is 6.15. The topological polar surface area (TPSA) is 98.3 Å². The number of nitrogens with zero attached hydrogens (tertiary/aromatic N) is 3. The lowest BCUT2D eigenvalue weighted by molar-refractivity contribution is -0.0514. The standard InChI is InChI=1S/C17H18F2N4O4/c1-4-26-13-7-10(5-6-12(13)27-16(18)19)9-21-14-11(8-20)15(24)23(3)17(25)22(14)2/h5-7,16,21H,4,9H2,1-3H3. The van der Waals surface area contributed by atoms with Crippen molar-refractivity contribution in [3.05, 3.63) is 50.2 Å². The van der Waals surface area contributed by atoms with Crippen LogP contribution in [0, 0.1) is 11.3 Å². The monoisotopic (exact) mass is 380 g/mol. The number of anilines is 1. The first-order chi connectivity index (χ1) is 12.8. The lowest BCUT2D eigenvalue weighted by atomic mass is 10.2. The molecule has 0 saturated carbocycles. The molecule has 0 bridgehead atoms. The summed E-state index contributed by atoms with van der Waals surface area (Å²) in [4.78, 5) is 24.1. The number of hydrogen-bond acceptors (Lipinski definition) is 6. The van der Waals surface area contributed by atoms with Crippen LogP contribution in [0.25, 0.3) is 0 Å². The van der Waals surface area contributed by atoms with Crippen LogP contribution in [0.4, 0.5) is 14.6 Å². The minimum Gasteiger partial charge on any atom is -0.490 e. The number of halogens is 2. The van der Waals surface area contributed by atoms with E-state index in [1.165, 1.54) is 32.3 Å². The van der Waals surface area contributed by atoms with E-state index in [-0.39, 0.29) is 36.0 Å². The summed E-state index contributed by atoms with van der Waals surface area (Å²) >= 11 is 0. The van der Waals surface area contributed by atoms with Crippen LogP contribution in [0.2, 0.25) is 0 Å². The molecule has 0 radical (unpaired) electrons. The summed E-state index contributed by atoms with van der Waals surface area (Å²) < 4.78 is 36.6. The predicted octanol–water partition coefficient (Wildman–Crippen LogP) is 1.57. The number of nitriles is 1. The van der Waals surface area contributed by atoms with E-state index in [4.69, 9.17) is 4.74 Å². The molecule has 1 aromatic carbocycles. The number of rotatable bonds is 7. The van der Waals surface area contributed by atoms with Gasteiger partial charge >= 0.3 is 12.3 Å². The first-order valence-corrected chi connectivity index (χ1v) is 7.94. The van der Waals surface area contributed by atoms with Gasteiger partial charge in [0.15, 0.2) is 17.1 Å². The van der Waals surface area contributed by atoms with Crippen LogP contribution >= 0.6 is 0 Å². The first kappa shape index (κ1) is 20.0. The van der Waals surface area contributed by atoms with Gasteiger partial charge in [-0.15, -0.1) is 0 Å². The molecule has 1 heterocycles. The van der Waals surface area contributed by atoms with Gasteiger partial charge in [0.1, 0.15) is 11.9 Å². The number of nitrogens with one attached hydrogen (secondary N) is 1. The molecule has 0 saturated heterocycles. The van der Waals surface area contributed by atoms with Gasteiger partial charge in [0.2, 0.25) is 0 Å². The minimum absolute atomic E-state index is 0.0662. The van der Waals surface area contributed by atoms with Crippen LogP contribution in [-0.4, -0.2) is 22.4 Å². The van der Waals surface area contributed by atoms with E-state index >= 15 is 0 Å². The molecule has 0 fully saturated rings. The Kier molecular flexibility index (Phi) is 6.18. The zero-order valence-electron chi connectivity index (χ0n) is 15.0. The summed E-state index contributed by atoms with van der Waals surface area (Å²) in [5.41, 5.74) is -0.893. The fourth-order valence-corrected chi connectivity index (χ4v) is 2.46. The molecular formula is C17H18F2N4O4. The van der Waals surface area contributed by atoms with Gasteiger partial charge in [-0.05, 0) is 24.6 Å². The number of hydrogen-bond donors (Lipinski definition) is 1. The van der Waals surface area contributed by atoms with Crippen molar-refractivity contribution in [3.8, 4) is 17.6 Å². The van der Waals surface area contributed by atoms with Crippen molar-refractivity contribution in [2.75, 3.05) is 11.9 Å². The Morgan fingerprint density at radius 1 is 1.22 bits per heavy atom. The number of aromatic nitrogens is 2. The number of alkyl halides is 2. The van der Waals surface area contributed by atoms with Gasteiger partial charge < -0.3 is 14.8 Å². The average molecular weight is 380 g/mol. The van der Waals surface area contributed by atoms with E-state index in [9.17, 15) is 23.6 Å². The summed E-state index contributed by atoms with van der Waals surface area (Å²) in [5.74, 6) is 0.0984. The Hall–Kier alpha value is -3.35. The Labute approximate surface area is 153 Å². The van der Waals surface area contributed by atoms with Crippen molar-refractivity contribution in [2.45, 2.75) is 20.1 Å². The highest BCUT2D eigenvalue weighted by molar-refractivity contribution is 5.52. The lowest BCUT2D eigenvalue weighted by Gasteiger charge is -2.15. The molecule has 8 nitrogen and oxygen atoms in total. The van der Waals surface area contributed by atoms with E-state index < -0.39 is 17.9 Å². The van der Waals surface area contributed by atoms with Gasteiger partial charge in [0.25, 0.3) is 5.56 Å². The molecule has 27 heavy (non-hydrogen) atoms. The summed E-state index contributed by atoms with van der Waals surface area (Å²) in [7, 11) is 2.71. The second kappa shape index (κ2) is 8.35. The van der Waals surface area contributed by atoms with E-state index in [0.717, 1.165) is 9.13 Å². The van der Waals surface area contributed by atoms with Crippen LogP contribution in [0.15, 0.2) is 27.8 Å². The van der Waals surface area contributed by atoms with Crippen molar-refractivity contribution in [3.63, 3.8) is 0 Å². The van der Waals surface area contributed by atoms with Crippen molar-refractivity contribution >= 4 is 5.82 Å². The third-order valence-electron chi connectivity index (χ3n) is 3.76. The predicted molar refractivity (Wildman–Crippen MR) is 93.2 cm³/mol. The van der Waals surface area contributed by atoms with Gasteiger partial charge in [0, 0.05) is 20.6 Å². The maximum Gasteiger partial charge on any atom is 0.387 e. The largest absolute Gasteiger partial charge is 0.490 e. The van der Waals surface area contributed by atoms with Gasteiger partial charge in [0.05, 0.1) is 6.61 Å². The molecule has 0 aliphatic rings. The summed E-state index contributed by atoms with van der Waals surface area (Å²) in [6.07, 6.45) is 0. The molecule has 2 aromatic rings. The molecule has 0 spiro atoms. The van der Waals surface area contributed by atoms with E-state index in [0.29, 0.717) is 5.56 Å². The highest BCUT2D eigenvalue weighted by Crippen LogP contribution is 2.30. The van der Waals surface area contributed by atoms with Crippen molar-refractivity contribution in [2.24, 2.45) is 14.1 Å². The van der Waals surface area contributed by atoms with E-state index in [1.807, 2.05) is 0 Å². The van der Waals surface area contributed by atoms with E-state index in [2.05, 4.69) is 10.1 Å². The van der Waals surface area contributed by atoms with Crippen LogP contribution < -0.4 is 26.0 Å². The number of ether oxygens (including phenoxy) is 2. The Bertz CT molecular complexity index is 992. The third kappa shape index (κ3) is 4.25. The van der Waals surface area contributed by atoms with Gasteiger partial charge in [-0.2, -0.15) is 14.0 Å². The second-order valence-corrected chi connectivity index (χ2v) is 5.49. The lowest BCUT2D eigenvalue weighted by Crippen LogP contribution is -2.39. The van der Waals surface area contributed by atoms with Crippen LogP contribution in [0.5, 0.6) is 11.5 Å². The quantitative estimate of drug-likeness (QED) is 0.783. The van der Waals surface area contributed by atoms with Crippen molar-refractivity contribution in [1.29, 1.82) is 5.26 Å². The van der Waals surface area contributed by atoms with Gasteiger partial charge in [-0.25, -0.2) is 4.79 Å². The number of benzene rings is 1. The molecule has 2 rings (SSSR count). The average Bonchev–Trinajstić information content (AvgIpc) is 2.63. The molecule has 10 heteroatoms. The van der Waals surface area contributed by atoms with Crippen LogP contribution in [-0.2, 0) is 20.6 Å². The highest BCUT2D eigenvalue weighted by atomic mass is 19.3.